The molecule has 0 saturated carbocycles. The van der Waals surface area contributed by atoms with Crippen LogP contribution in [0.15, 0.2) is 18.2 Å². The molecule has 6 nitrogen and oxygen atoms in total. The molecule has 1 aromatic carbocycles. The van der Waals surface area contributed by atoms with Gasteiger partial charge in [0, 0.05) is 19.2 Å². The highest BCUT2D eigenvalue weighted by atomic mass is 35.5. The van der Waals surface area contributed by atoms with Crippen LogP contribution in [0.3, 0.4) is 0 Å². The summed E-state index contributed by atoms with van der Waals surface area (Å²) >= 11 is 6.02. The first-order chi connectivity index (χ1) is 11.1. The lowest BCUT2D eigenvalue weighted by Crippen LogP contribution is -2.15. The van der Waals surface area contributed by atoms with E-state index in [1.54, 1.807) is 11.7 Å². The number of nitrogens with zero attached hydrogens (tertiary/aromatic N) is 2. The van der Waals surface area contributed by atoms with Crippen molar-refractivity contribution in [3.05, 3.63) is 34.5 Å². The monoisotopic (exact) mass is 386 g/mol. The Hall–Kier alpha value is -1.92. The van der Waals surface area contributed by atoms with Crippen LogP contribution in [0.1, 0.15) is 36.8 Å². The number of aromatic nitrogens is 2. The average Bonchev–Trinajstić information content (AvgIpc) is 2.78. The Morgan fingerprint density at radius 3 is 2.56 bits per heavy atom. The summed E-state index contributed by atoms with van der Waals surface area (Å²) in [5, 5.41) is 7.58. The van der Waals surface area contributed by atoms with E-state index in [1.165, 1.54) is 19.2 Å². The van der Waals surface area contributed by atoms with E-state index in [2.05, 4.69) is 31.2 Å². The third-order valence-electron chi connectivity index (χ3n) is 3.45. The van der Waals surface area contributed by atoms with E-state index in [-0.39, 0.29) is 23.7 Å². The molecule has 0 aliphatic heterocycles. The van der Waals surface area contributed by atoms with Crippen molar-refractivity contribution < 1.29 is 9.53 Å². The molecule has 2 aromatic rings. The van der Waals surface area contributed by atoms with E-state index >= 15 is 0 Å². The van der Waals surface area contributed by atoms with Gasteiger partial charge < -0.3 is 15.8 Å². The summed E-state index contributed by atoms with van der Waals surface area (Å²) in [7, 11) is 3.26. The molecule has 0 aliphatic carbocycles. The van der Waals surface area contributed by atoms with E-state index in [9.17, 15) is 4.79 Å². The van der Waals surface area contributed by atoms with Gasteiger partial charge in [0.15, 0.2) is 0 Å². The lowest BCUT2D eigenvalue weighted by atomic mass is 9.91. The molecule has 0 unspecified atom stereocenters. The minimum Gasteiger partial charge on any atom is -0.496 e. The van der Waals surface area contributed by atoms with E-state index in [4.69, 9.17) is 22.1 Å². The predicted molar refractivity (Wildman–Crippen MR) is 104 cm³/mol. The van der Waals surface area contributed by atoms with Gasteiger partial charge in [-0.25, -0.2) is 0 Å². The second-order valence-corrected chi connectivity index (χ2v) is 7.32. The van der Waals surface area contributed by atoms with Gasteiger partial charge in [-0.05, 0) is 17.9 Å². The molecular formula is C17H24Cl2N4O2. The molecule has 0 saturated heterocycles. The molecule has 0 radical (unpaired) electrons. The number of nitrogens with one attached hydrogen (secondary N) is 1. The number of benzene rings is 1. The Bertz CT molecular complexity index is 767. The molecule has 0 bridgehead atoms. The number of ether oxygens (including phenoxy) is 1. The second kappa shape index (κ2) is 7.97. The Morgan fingerprint density at radius 2 is 2.00 bits per heavy atom. The smallest absolute Gasteiger partial charge is 0.260 e. The molecule has 0 atom stereocenters. The standard InChI is InChI=1S/C17H23ClN4O2.ClH/c1-17(2,3)9-10-6-15(22(4)21-10)20-16(23)11-7-12(18)13(19)8-14(11)24-5;/h6-8H,9,19H2,1-5H3,(H,20,23);1H. The van der Waals surface area contributed by atoms with Crippen molar-refractivity contribution in [2.24, 2.45) is 12.5 Å². The van der Waals surface area contributed by atoms with E-state index in [0.717, 1.165) is 12.1 Å². The van der Waals surface area contributed by atoms with Crippen LogP contribution in [0.4, 0.5) is 11.5 Å². The van der Waals surface area contributed by atoms with Crippen molar-refractivity contribution in [3.63, 3.8) is 0 Å². The molecule has 25 heavy (non-hydrogen) atoms. The van der Waals surface area contributed by atoms with Crippen LogP contribution in [-0.4, -0.2) is 22.8 Å². The molecule has 8 heteroatoms. The zero-order valence-electron chi connectivity index (χ0n) is 15.0. The van der Waals surface area contributed by atoms with Crippen LogP contribution >= 0.6 is 24.0 Å². The van der Waals surface area contributed by atoms with Crippen LogP contribution in [-0.2, 0) is 13.5 Å². The number of hydrogen-bond acceptors (Lipinski definition) is 4. The van der Waals surface area contributed by atoms with Crippen molar-refractivity contribution in [3.8, 4) is 5.75 Å². The predicted octanol–water partition coefficient (Wildman–Crippen LogP) is 3.93. The fraction of sp³-hybridized carbons (Fsp3) is 0.412. The summed E-state index contributed by atoms with van der Waals surface area (Å²) in [4.78, 5) is 12.6. The highest BCUT2D eigenvalue weighted by molar-refractivity contribution is 6.33. The largest absolute Gasteiger partial charge is 0.496 e. The van der Waals surface area contributed by atoms with Crippen LogP contribution in [0.2, 0.25) is 5.02 Å². The van der Waals surface area contributed by atoms with Crippen LogP contribution in [0.5, 0.6) is 5.75 Å². The minimum absolute atomic E-state index is 0. The summed E-state index contributed by atoms with van der Waals surface area (Å²) in [6, 6.07) is 4.90. The van der Waals surface area contributed by atoms with Crippen LogP contribution in [0.25, 0.3) is 0 Å². The number of nitrogens with two attached hydrogens (primary N) is 1. The van der Waals surface area contributed by atoms with Gasteiger partial charge in [0.1, 0.15) is 11.6 Å². The molecule has 1 aromatic heterocycles. The number of carbonyl (C=O) groups excluding carboxylic acids is 1. The van der Waals surface area contributed by atoms with Crippen molar-refractivity contribution in [2.45, 2.75) is 27.2 Å². The number of methoxy groups -OCH3 is 1. The van der Waals surface area contributed by atoms with Crippen molar-refractivity contribution in [2.75, 3.05) is 18.2 Å². The maximum atomic E-state index is 12.6. The number of carbonyl (C=O) groups is 1. The quantitative estimate of drug-likeness (QED) is 0.779. The Kier molecular flexibility index (Phi) is 6.74. The number of amides is 1. The number of hydrogen-bond donors (Lipinski definition) is 2. The van der Waals surface area contributed by atoms with Crippen molar-refractivity contribution >= 4 is 41.4 Å². The molecule has 3 N–H and O–H groups in total. The fourth-order valence-corrected chi connectivity index (χ4v) is 2.54. The minimum atomic E-state index is -0.334. The maximum absolute atomic E-state index is 12.6. The number of nitrogen functional groups attached to an aromatic ring is 1. The first kappa shape index (κ1) is 21.1. The molecule has 1 amide bonds. The SMILES string of the molecule is COc1cc(N)c(Cl)cc1C(=O)Nc1cc(CC(C)(C)C)nn1C.Cl. The van der Waals surface area contributed by atoms with Crippen LogP contribution in [0, 0.1) is 5.41 Å². The molecule has 0 spiro atoms. The van der Waals surface area contributed by atoms with Gasteiger partial charge in [0.05, 0.1) is 29.1 Å². The lowest BCUT2D eigenvalue weighted by Gasteiger charge is -2.15. The third-order valence-corrected chi connectivity index (χ3v) is 3.77. The molecular weight excluding hydrogens is 363 g/mol. The molecule has 1 heterocycles. The summed E-state index contributed by atoms with van der Waals surface area (Å²) in [6.07, 6.45) is 0.813. The summed E-state index contributed by atoms with van der Waals surface area (Å²) < 4.78 is 6.86. The van der Waals surface area contributed by atoms with Crippen LogP contribution < -0.4 is 15.8 Å². The zero-order chi connectivity index (χ0) is 18.1. The van der Waals surface area contributed by atoms with E-state index < -0.39 is 0 Å². The van der Waals surface area contributed by atoms with Gasteiger partial charge in [-0.3, -0.25) is 9.48 Å². The number of rotatable bonds is 4. The summed E-state index contributed by atoms with van der Waals surface area (Å²) in [5.74, 6) is 0.639. The van der Waals surface area contributed by atoms with Gasteiger partial charge >= 0.3 is 0 Å². The number of aryl methyl sites for hydroxylation is 1. The second-order valence-electron chi connectivity index (χ2n) is 6.91. The first-order valence-corrected chi connectivity index (χ1v) is 7.96. The first-order valence-electron chi connectivity index (χ1n) is 7.58. The Labute approximate surface area is 159 Å². The molecule has 0 fully saturated rings. The topological polar surface area (TPSA) is 82.2 Å². The Balaban J connectivity index is 0.00000312. The van der Waals surface area contributed by atoms with Gasteiger partial charge in [-0.2, -0.15) is 5.10 Å². The summed E-state index contributed by atoms with van der Waals surface area (Å²) in [6.45, 7) is 6.42. The average molecular weight is 387 g/mol. The number of halogens is 2. The van der Waals surface area contributed by atoms with E-state index in [1.807, 2.05) is 6.07 Å². The van der Waals surface area contributed by atoms with Gasteiger partial charge in [0.25, 0.3) is 5.91 Å². The molecule has 2 rings (SSSR count). The lowest BCUT2D eigenvalue weighted by molar-refractivity contribution is 0.102. The van der Waals surface area contributed by atoms with Crippen molar-refractivity contribution in [1.82, 2.24) is 9.78 Å². The molecule has 138 valence electrons. The van der Waals surface area contributed by atoms with Gasteiger partial charge in [-0.1, -0.05) is 32.4 Å². The van der Waals surface area contributed by atoms with Gasteiger partial charge in [-0.15, -0.1) is 12.4 Å². The highest BCUT2D eigenvalue weighted by Gasteiger charge is 2.19. The normalized spacial score (nSPS) is 11.0. The van der Waals surface area contributed by atoms with E-state index in [0.29, 0.717) is 27.8 Å². The van der Waals surface area contributed by atoms with Crippen molar-refractivity contribution in [1.29, 1.82) is 0 Å². The number of anilines is 2. The summed E-state index contributed by atoms with van der Waals surface area (Å²) in [5.41, 5.74) is 7.45. The highest BCUT2D eigenvalue weighted by Crippen LogP contribution is 2.29. The van der Waals surface area contributed by atoms with Gasteiger partial charge in [0.2, 0.25) is 0 Å². The zero-order valence-corrected chi connectivity index (χ0v) is 16.6. The molecule has 0 aliphatic rings. The Morgan fingerprint density at radius 1 is 1.36 bits per heavy atom. The third kappa shape index (κ3) is 5.28. The maximum Gasteiger partial charge on any atom is 0.260 e. The fourth-order valence-electron chi connectivity index (χ4n) is 2.37.